The van der Waals surface area contributed by atoms with E-state index in [2.05, 4.69) is 53.1 Å². The Kier molecular flexibility index (Phi) is 6.73. The molecule has 0 aliphatic carbocycles. The van der Waals surface area contributed by atoms with Gasteiger partial charge in [-0.05, 0) is 87.2 Å². The summed E-state index contributed by atoms with van der Waals surface area (Å²) in [5, 5.41) is 37.9. The minimum absolute atomic E-state index is 0.00322. The van der Waals surface area contributed by atoms with Crippen LogP contribution in [0.25, 0.3) is 0 Å². The Morgan fingerprint density at radius 1 is 0.886 bits per heavy atom. The fourth-order valence-corrected chi connectivity index (χ4v) is 4.71. The van der Waals surface area contributed by atoms with Crippen LogP contribution < -0.4 is 9.64 Å². The van der Waals surface area contributed by atoms with Gasteiger partial charge in [0.05, 0.1) is 18.5 Å². The molecule has 0 aromatic heterocycles. The lowest BCUT2D eigenvalue weighted by molar-refractivity contribution is 0.380. The summed E-state index contributed by atoms with van der Waals surface area (Å²) in [4.78, 5) is 2.31. The van der Waals surface area contributed by atoms with Crippen LogP contribution in [0.2, 0.25) is 0 Å². The molecule has 8 heteroatoms. The summed E-state index contributed by atoms with van der Waals surface area (Å²) in [6.45, 7) is 9.60. The molecular formula is C27H31N5O3. The summed E-state index contributed by atoms with van der Waals surface area (Å²) in [5.41, 5.74) is 3.92. The highest BCUT2D eigenvalue weighted by atomic mass is 16.5. The van der Waals surface area contributed by atoms with Crippen molar-refractivity contribution >= 4 is 28.4 Å². The Hall–Kier alpha value is -3.94. The van der Waals surface area contributed by atoms with Crippen molar-refractivity contribution in [3.8, 4) is 17.2 Å². The summed E-state index contributed by atoms with van der Waals surface area (Å²) in [7, 11) is 1.61. The number of anilines is 1. The van der Waals surface area contributed by atoms with E-state index in [1.54, 1.807) is 49.6 Å². The van der Waals surface area contributed by atoms with Crippen LogP contribution in [0, 0.1) is 0 Å². The van der Waals surface area contributed by atoms with Crippen molar-refractivity contribution in [1.29, 1.82) is 0 Å². The van der Waals surface area contributed by atoms with Crippen molar-refractivity contribution in [3.63, 3.8) is 0 Å². The summed E-state index contributed by atoms with van der Waals surface area (Å²) in [6, 6.07) is 15.6. The number of fused-ring (bicyclic) bond motifs is 1. The molecule has 2 N–H and O–H groups in total. The number of phenolic OH excluding ortho intramolecular Hbond substituents is 2. The smallest absolute Gasteiger partial charge is 0.145 e. The first-order valence-corrected chi connectivity index (χ1v) is 11.7. The first-order valence-electron chi connectivity index (χ1n) is 11.7. The molecule has 3 aromatic carbocycles. The average molecular weight is 474 g/mol. The third-order valence-electron chi connectivity index (χ3n) is 6.38. The fourth-order valence-electron chi connectivity index (χ4n) is 4.71. The zero-order valence-electron chi connectivity index (χ0n) is 20.7. The molecule has 4 rings (SSSR count). The number of methoxy groups -OCH3 is 1. The van der Waals surface area contributed by atoms with Gasteiger partial charge in [-0.1, -0.05) is 6.92 Å². The topological polar surface area (TPSA) is 102 Å². The van der Waals surface area contributed by atoms with Crippen LogP contribution in [0.3, 0.4) is 0 Å². The fraction of sp³-hybridized carbons (Fsp3) is 0.333. The Morgan fingerprint density at radius 3 is 2.17 bits per heavy atom. The van der Waals surface area contributed by atoms with Gasteiger partial charge in [0.2, 0.25) is 0 Å². The third kappa shape index (κ3) is 5.11. The van der Waals surface area contributed by atoms with Gasteiger partial charge in [-0.3, -0.25) is 0 Å². The zero-order valence-corrected chi connectivity index (χ0v) is 20.7. The molecule has 0 saturated heterocycles. The maximum atomic E-state index is 10.7. The van der Waals surface area contributed by atoms with Crippen LogP contribution in [0.4, 0.5) is 28.4 Å². The normalized spacial score (nSPS) is 17.2. The Balaban J connectivity index is 1.60. The Bertz CT molecular complexity index is 1270. The van der Waals surface area contributed by atoms with Crippen LogP contribution in [0.15, 0.2) is 75.1 Å². The molecule has 1 aliphatic rings. The van der Waals surface area contributed by atoms with Gasteiger partial charge in [0.1, 0.15) is 28.6 Å². The minimum Gasteiger partial charge on any atom is -0.506 e. The van der Waals surface area contributed by atoms with Crippen molar-refractivity contribution in [2.45, 2.75) is 45.6 Å². The van der Waals surface area contributed by atoms with E-state index in [1.165, 1.54) is 6.07 Å². The van der Waals surface area contributed by atoms with E-state index in [0.29, 0.717) is 23.0 Å². The van der Waals surface area contributed by atoms with Crippen molar-refractivity contribution < 1.29 is 14.9 Å². The van der Waals surface area contributed by atoms with Crippen molar-refractivity contribution in [1.82, 2.24) is 0 Å². The van der Waals surface area contributed by atoms with E-state index in [0.717, 1.165) is 30.0 Å². The molecule has 0 saturated carbocycles. The number of hydrogen-bond acceptors (Lipinski definition) is 8. The van der Waals surface area contributed by atoms with Crippen molar-refractivity contribution in [3.05, 3.63) is 60.2 Å². The molecule has 0 spiro atoms. The lowest BCUT2D eigenvalue weighted by Gasteiger charge is -2.47. The zero-order chi connectivity index (χ0) is 25.2. The molecule has 0 radical (unpaired) electrons. The molecule has 1 aliphatic heterocycles. The molecule has 8 nitrogen and oxygen atoms in total. The number of phenols is 2. The predicted octanol–water partition coefficient (Wildman–Crippen LogP) is 8.05. The Morgan fingerprint density at radius 2 is 1.51 bits per heavy atom. The quantitative estimate of drug-likeness (QED) is 0.353. The van der Waals surface area contributed by atoms with Crippen LogP contribution >= 0.6 is 0 Å². The minimum atomic E-state index is -0.0399. The predicted molar refractivity (Wildman–Crippen MR) is 138 cm³/mol. The molecule has 0 bridgehead atoms. The summed E-state index contributed by atoms with van der Waals surface area (Å²) in [5.74, 6) is 1.06. The van der Waals surface area contributed by atoms with E-state index in [9.17, 15) is 10.2 Å². The Labute approximate surface area is 205 Å². The monoisotopic (exact) mass is 473 g/mol. The number of hydrogen-bond donors (Lipinski definition) is 2. The van der Waals surface area contributed by atoms with Crippen molar-refractivity contribution in [2.24, 2.45) is 20.5 Å². The van der Waals surface area contributed by atoms with Crippen LogP contribution in [-0.4, -0.2) is 29.4 Å². The summed E-state index contributed by atoms with van der Waals surface area (Å²) >= 11 is 0. The van der Waals surface area contributed by atoms with Gasteiger partial charge in [0.25, 0.3) is 0 Å². The maximum Gasteiger partial charge on any atom is 0.145 e. The van der Waals surface area contributed by atoms with E-state index in [-0.39, 0.29) is 22.7 Å². The highest BCUT2D eigenvalue weighted by Crippen LogP contribution is 2.47. The van der Waals surface area contributed by atoms with Gasteiger partial charge in [0.15, 0.2) is 0 Å². The van der Waals surface area contributed by atoms with Gasteiger partial charge >= 0.3 is 0 Å². The maximum absolute atomic E-state index is 10.7. The van der Waals surface area contributed by atoms with Gasteiger partial charge in [0, 0.05) is 23.8 Å². The standard InChI is InChI=1S/C27H31N5O3/c1-6-32-24-15-26(34)23(14-21(24)17(2)16-27(32,3)4)31-30-22-13-19(9-12-25(22)33)29-28-18-7-10-20(35-5)11-8-18/h7-15,17,33-34H,6,16H2,1-5H3. The lowest BCUT2D eigenvalue weighted by atomic mass is 9.80. The average Bonchev–Trinajstić information content (AvgIpc) is 2.83. The number of aromatic hydroxyl groups is 2. The van der Waals surface area contributed by atoms with Gasteiger partial charge in [-0.2, -0.15) is 10.2 Å². The van der Waals surface area contributed by atoms with Crippen LogP contribution in [-0.2, 0) is 0 Å². The second kappa shape index (κ2) is 9.74. The van der Waals surface area contributed by atoms with E-state index in [4.69, 9.17) is 4.74 Å². The number of azo groups is 2. The van der Waals surface area contributed by atoms with Gasteiger partial charge < -0.3 is 19.8 Å². The summed E-state index contributed by atoms with van der Waals surface area (Å²) in [6.07, 6.45) is 0.997. The largest absolute Gasteiger partial charge is 0.506 e. The van der Waals surface area contributed by atoms with E-state index >= 15 is 0 Å². The highest BCUT2D eigenvalue weighted by Gasteiger charge is 2.36. The molecular weight excluding hydrogens is 442 g/mol. The van der Waals surface area contributed by atoms with E-state index < -0.39 is 0 Å². The van der Waals surface area contributed by atoms with E-state index in [1.807, 2.05) is 6.07 Å². The second-order valence-electron chi connectivity index (χ2n) is 9.33. The third-order valence-corrected chi connectivity index (χ3v) is 6.38. The molecule has 0 fully saturated rings. The second-order valence-corrected chi connectivity index (χ2v) is 9.33. The van der Waals surface area contributed by atoms with Crippen LogP contribution in [0.5, 0.6) is 17.2 Å². The molecule has 35 heavy (non-hydrogen) atoms. The first-order chi connectivity index (χ1) is 16.7. The van der Waals surface area contributed by atoms with Crippen LogP contribution in [0.1, 0.15) is 45.6 Å². The van der Waals surface area contributed by atoms with Gasteiger partial charge in [-0.25, -0.2) is 0 Å². The number of benzene rings is 3. The highest BCUT2D eigenvalue weighted by molar-refractivity contribution is 5.69. The number of ether oxygens (including phenoxy) is 1. The molecule has 1 atom stereocenters. The molecule has 1 unspecified atom stereocenters. The molecule has 3 aromatic rings. The summed E-state index contributed by atoms with van der Waals surface area (Å²) < 4.78 is 5.15. The lowest BCUT2D eigenvalue weighted by Crippen LogP contribution is -2.48. The number of rotatable bonds is 6. The molecule has 1 heterocycles. The number of nitrogens with zero attached hydrogens (tertiary/aromatic N) is 5. The molecule has 0 amide bonds. The van der Waals surface area contributed by atoms with Gasteiger partial charge in [-0.15, -0.1) is 10.2 Å². The SMILES string of the molecule is CCN1c2cc(O)c(N=Nc3cc(N=Nc4ccc(OC)cc4)ccc3O)cc2C(C)CC1(C)C. The van der Waals surface area contributed by atoms with Crippen molar-refractivity contribution in [2.75, 3.05) is 18.6 Å². The molecule has 182 valence electrons. The first kappa shape index (κ1) is 24.2.